The van der Waals surface area contributed by atoms with E-state index in [0.29, 0.717) is 5.75 Å². The van der Waals surface area contributed by atoms with Gasteiger partial charge in [-0.15, -0.1) is 0 Å². The molecule has 2 aromatic carbocycles. The number of nitrogens with one attached hydrogen (secondary N) is 2. The number of para-hydroxylation sites is 1. The number of benzene rings is 2. The second kappa shape index (κ2) is 7.93. The van der Waals surface area contributed by atoms with Gasteiger partial charge in [0, 0.05) is 0 Å². The Morgan fingerprint density at radius 2 is 1.73 bits per heavy atom. The Kier molecular flexibility index (Phi) is 5.65. The quantitative estimate of drug-likeness (QED) is 0.806. The molecule has 0 heterocycles. The molecule has 0 aromatic heterocycles. The van der Waals surface area contributed by atoms with Crippen LogP contribution in [0.4, 0.5) is 4.79 Å². The number of amides is 2. The van der Waals surface area contributed by atoms with Gasteiger partial charge < -0.3 is 20.1 Å². The number of carbonyl (C=O) groups excluding carboxylic acids is 1. The van der Waals surface area contributed by atoms with Crippen LogP contribution in [0.3, 0.4) is 0 Å². The van der Waals surface area contributed by atoms with Crippen molar-refractivity contribution in [1.82, 2.24) is 10.6 Å². The molecule has 0 saturated carbocycles. The summed E-state index contributed by atoms with van der Waals surface area (Å²) in [6, 6.07) is 16.5. The van der Waals surface area contributed by atoms with Crippen LogP contribution >= 0.6 is 0 Å². The van der Waals surface area contributed by atoms with Gasteiger partial charge in [-0.2, -0.15) is 0 Å². The number of rotatable bonds is 6. The van der Waals surface area contributed by atoms with Gasteiger partial charge in [-0.05, 0) is 36.8 Å². The molecule has 0 radical (unpaired) electrons. The molecule has 2 N–H and O–H groups in total. The van der Waals surface area contributed by atoms with Gasteiger partial charge in [-0.25, -0.2) is 4.79 Å². The van der Waals surface area contributed by atoms with Crippen molar-refractivity contribution in [2.45, 2.75) is 13.0 Å². The smallest absolute Gasteiger partial charge is 0.317 e. The standard InChI is InChI=1S/C17H20N2O3/c1-13(14-8-10-15(21-2)11-9-14)19-17(20)18-12-22-16-6-4-3-5-7-16/h3-11,13H,12H2,1-2H3,(H2,18,19,20). The summed E-state index contributed by atoms with van der Waals surface area (Å²) in [4.78, 5) is 11.8. The molecule has 0 bridgehead atoms. The first-order valence-electron chi connectivity index (χ1n) is 7.05. The molecule has 0 fully saturated rings. The van der Waals surface area contributed by atoms with Crippen molar-refractivity contribution in [1.29, 1.82) is 0 Å². The summed E-state index contributed by atoms with van der Waals surface area (Å²) in [6.45, 7) is 2.03. The molecule has 2 amide bonds. The number of hydrogen-bond acceptors (Lipinski definition) is 3. The summed E-state index contributed by atoms with van der Waals surface area (Å²) >= 11 is 0. The second-order valence-corrected chi connectivity index (χ2v) is 4.75. The Balaban J connectivity index is 1.76. The predicted octanol–water partition coefficient (Wildman–Crippen LogP) is 3.09. The van der Waals surface area contributed by atoms with Crippen LogP contribution in [0.5, 0.6) is 11.5 Å². The molecule has 5 heteroatoms. The lowest BCUT2D eigenvalue weighted by Gasteiger charge is -2.15. The lowest BCUT2D eigenvalue weighted by atomic mass is 10.1. The van der Waals surface area contributed by atoms with E-state index in [9.17, 15) is 4.79 Å². The third kappa shape index (κ3) is 4.70. The predicted molar refractivity (Wildman–Crippen MR) is 85.0 cm³/mol. The number of urea groups is 1. The van der Waals surface area contributed by atoms with Crippen LogP contribution in [0.2, 0.25) is 0 Å². The SMILES string of the molecule is COc1ccc(C(C)NC(=O)NCOc2ccccc2)cc1. The van der Waals surface area contributed by atoms with Gasteiger partial charge in [-0.3, -0.25) is 0 Å². The zero-order chi connectivity index (χ0) is 15.8. The van der Waals surface area contributed by atoms with Gasteiger partial charge in [0.25, 0.3) is 0 Å². The summed E-state index contributed by atoms with van der Waals surface area (Å²) in [5.74, 6) is 1.50. The molecular formula is C17H20N2O3. The van der Waals surface area contributed by atoms with E-state index in [1.807, 2.05) is 61.5 Å². The Hall–Kier alpha value is -2.69. The summed E-state index contributed by atoms with van der Waals surface area (Å²) in [6.07, 6.45) is 0. The number of ether oxygens (including phenoxy) is 2. The van der Waals surface area contributed by atoms with E-state index in [-0.39, 0.29) is 18.8 Å². The van der Waals surface area contributed by atoms with Crippen LogP contribution in [0.1, 0.15) is 18.5 Å². The average Bonchev–Trinajstić information content (AvgIpc) is 2.56. The summed E-state index contributed by atoms with van der Waals surface area (Å²) in [7, 11) is 1.62. The first-order valence-corrected chi connectivity index (χ1v) is 7.05. The van der Waals surface area contributed by atoms with Gasteiger partial charge in [0.2, 0.25) is 0 Å². The largest absolute Gasteiger partial charge is 0.497 e. The summed E-state index contributed by atoms with van der Waals surface area (Å²) in [5.41, 5.74) is 1.000. The van der Waals surface area contributed by atoms with Crippen LogP contribution in [-0.2, 0) is 0 Å². The van der Waals surface area contributed by atoms with Gasteiger partial charge in [0.05, 0.1) is 13.2 Å². The fourth-order valence-corrected chi connectivity index (χ4v) is 1.93. The van der Waals surface area contributed by atoms with Crippen molar-refractivity contribution in [3.05, 3.63) is 60.2 Å². The highest BCUT2D eigenvalue weighted by Crippen LogP contribution is 2.17. The van der Waals surface area contributed by atoms with Crippen LogP contribution < -0.4 is 20.1 Å². The first kappa shape index (κ1) is 15.7. The molecule has 1 atom stereocenters. The van der Waals surface area contributed by atoms with E-state index in [1.54, 1.807) is 7.11 Å². The van der Waals surface area contributed by atoms with E-state index >= 15 is 0 Å². The van der Waals surface area contributed by atoms with Crippen molar-refractivity contribution >= 4 is 6.03 Å². The topological polar surface area (TPSA) is 59.6 Å². The van der Waals surface area contributed by atoms with E-state index in [4.69, 9.17) is 9.47 Å². The van der Waals surface area contributed by atoms with Crippen LogP contribution in [0, 0.1) is 0 Å². The fourth-order valence-electron chi connectivity index (χ4n) is 1.93. The van der Waals surface area contributed by atoms with Crippen LogP contribution in [0.15, 0.2) is 54.6 Å². The Morgan fingerprint density at radius 1 is 1.05 bits per heavy atom. The zero-order valence-corrected chi connectivity index (χ0v) is 12.7. The average molecular weight is 300 g/mol. The fraction of sp³-hybridized carbons (Fsp3) is 0.235. The van der Waals surface area contributed by atoms with E-state index < -0.39 is 0 Å². The lowest BCUT2D eigenvalue weighted by Crippen LogP contribution is -2.38. The van der Waals surface area contributed by atoms with Crippen molar-refractivity contribution in [2.24, 2.45) is 0 Å². The van der Waals surface area contributed by atoms with Crippen molar-refractivity contribution < 1.29 is 14.3 Å². The molecule has 5 nitrogen and oxygen atoms in total. The zero-order valence-electron chi connectivity index (χ0n) is 12.7. The second-order valence-electron chi connectivity index (χ2n) is 4.75. The molecule has 1 unspecified atom stereocenters. The maximum absolute atomic E-state index is 11.8. The molecule has 2 rings (SSSR count). The molecule has 0 saturated heterocycles. The lowest BCUT2D eigenvalue weighted by molar-refractivity contribution is 0.221. The van der Waals surface area contributed by atoms with Gasteiger partial charge in [0.1, 0.15) is 11.5 Å². The molecule has 2 aromatic rings. The minimum absolute atomic E-state index is 0.109. The maximum Gasteiger partial charge on any atom is 0.317 e. The van der Waals surface area contributed by atoms with Gasteiger partial charge in [-0.1, -0.05) is 30.3 Å². The van der Waals surface area contributed by atoms with Crippen molar-refractivity contribution in [2.75, 3.05) is 13.8 Å². The Labute approximate surface area is 130 Å². The molecular weight excluding hydrogens is 280 g/mol. The highest BCUT2D eigenvalue weighted by Gasteiger charge is 2.09. The molecule has 0 aliphatic rings. The Morgan fingerprint density at radius 3 is 2.36 bits per heavy atom. The number of carbonyl (C=O) groups is 1. The van der Waals surface area contributed by atoms with Gasteiger partial charge in [0.15, 0.2) is 6.73 Å². The monoisotopic (exact) mass is 300 g/mol. The normalized spacial score (nSPS) is 11.4. The molecule has 22 heavy (non-hydrogen) atoms. The van der Waals surface area contributed by atoms with Crippen molar-refractivity contribution in [3.63, 3.8) is 0 Å². The van der Waals surface area contributed by atoms with Gasteiger partial charge >= 0.3 is 6.03 Å². The van der Waals surface area contributed by atoms with E-state index in [1.165, 1.54) is 0 Å². The molecule has 116 valence electrons. The molecule has 0 spiro atoms. The van der Waals surface area contributed by atoms with Crippen LogP contribution in [-0.4, -0.2) is 19.9 Å². The highest BCUT2D eigenvalue weighted by molar-refractivity contribution is 5.74. The number of hydrogen-bond donors (Lipinski definition) is 2. The molecule has 0 aliphatic carbocycles. The number of methoxy groups -OCH3 is 1. The maximum atomic E-state index is 11.8. The van der Waals surface area contributed by atoms with E-state index in [0.717, 1.165) is 11.3 Å². The minimum Gasteiger partial charge on any atom is -0.497 e. The first-order chi connectivity index (χ1) is 10.7. The van der Waals surface area contributed by atoms with Crippen molar-refractivity contribution in [3.8, 4) is 11.5 Å². The molecule has 0 aliphatic heterocycles. The Bertz CT molecular complexity index is 585. The summed E-state index contributed by atoms with van der Waals surface area (Å²) in [5, 5.41) is 5.51. The highest BCUT2D eigenvalue weighted by atomic mass is 16.5. The minimum atomic E-state index is -0.278. The third-order valence-electron chi connectivity index (χ3n) is 3.18. The van der Waals surface area contributed by atoms with Crippen LogP contribution in [0.25, 0.3) is 0 Å². The third-order valence-corrected chi connectivity index (χ3v) is 3.18. The van der Waals surface area contributed by atoms with E-state index in [2.05, 4.69) is 10.6 Å². The summed E-state index contributed by atoms with van der Waals surface area (Å²) < 4.78 is 10.5.